The Labute approximate surface area is 399 Å². The standard InChI is InChI=1S/C19H21NO7.C17H19NO5.C2H2O2.CH4.S9/c21-11-14-18(15(20(24)25)16(22)19(23)26-14)27-17(12-7-3-1-4-8-12)13-9-5-2-6-10-13;19-12-15(20)16(11-18(21)22)23-17(13-7-3-1-4-8-13)14-9-5-2-6-10-14;3-1-2-4;;1-3-5-7-9-8-6-4-2/h1-10,14-19,21-23H,11H2;1-10,15-17,19-20H,11-12H2;1-2H;1H4;/t14?,15?,16?,18-,19-;15-,16-;;;/m01.../s1. The second kappa shape index (κ2) is 34.9. The maximum atomic E-state index is 11.6. The number of aliphatic hydroxyl groups excluding tert-OH is 5. The molecule has 25 heteroatoms. The zero-order valence-corrected chi connectivity index (χ0v) is 39.8. The van der Waals surface area contributed by atoms with Gasteiger partial charge in [-0.3, -0.25) is 29.8 Å². The van der Waals surface area contributed by atoms with Crippen LogP contribution in [0.3, 0.4) is 0 Å². The van der Waals surface area contributed by atoms with Crippen LogP contribution in [-0.4, -0.2) is 111 Å². The molecule has 4 aromatic carbocycles. The van der Waals surface area contributed by atoms with E-state index in [1.165, 1.54) is 17.8 Å². The van der Waals surface area contributed by atoms with Crippen LogP contribution in [-0.2, 0) is 108 Å². The van der Waals surface area contributed by atoms with E-state index < -0.39 is 84.7 Å². The fourth-order valence-electron chi connectivity index (χ4n) is 5.60. The van der Waals surface area contributed by atoms with Crippen molar-refractivity contribution in [3.63, 3.8) is 0 Å². The van der Waals surface area contributed by atoms with Gasteiger partial charge >= 0.3 is 0 Å². The summed E-state index contributed by atoms with van der Waals surface area (Å²) in [5, 5.41) is 70.7. The second-order valence-electron chi connectivity index (χ2n) is 12.2. The van der Waals surface area contributed by atoms with Gasteiger partial charge in [0.1, 0.15) is 24.4 Å². The van der Waals surface area contributed by atoms with Gasteiger partial charge in [0.15, 0.2) is 37.2 Å². The molecule has 0 radical (unpaired) electrons. The van der Waals surface area contributed by atoms with Crippen LogP contribution in [0.5, 0.6) is 0 Å². The Morgan fingerprint density at radius 3 is 1.41 bits per heavy atom. The molecule has 5 N–H and O–H groups in total. The van der Waals surface area contributed by atoms with Crippen LogP contribution in [0.4, 0.5) is 0 Å². The Morgan fingerprint density at radius 2 is 1.08 bits per heavy atom. The van der Waals surface area contributed by atoms with E-state index in [9.17, 15) is 40.7 Å². The summed E-state index contributed by atoms with van der Waals surface area (Å²) in [6.45, 7) is -1.79. The number of nitrogens with zero attached hydrogens (tertiary/aromatic N) is 2. The van der Waals surface area contributed by atoms with Crippen molar-refractivity contribution < 1.29 is 59.2 Å². The number of nitro groups is 2. The Bertz CT molecular complexity index is 2170. The average Bonchev–Trinajstić information content (AvgIpc) is 3.31. The van der Waals surface area contributed by atoms with E-state index in [1.54, 1.807) is 44.4 Å². The molecule has 5 rings (SSSR count). The van der Waals surface area contributed by atoms with Crippen LogP contribution in [0, 0.1) is 20.2 Å². The first-order valence-corrected chi connectivity index (χ1v) is 28.6. The first-order valence-electron chi connectivity index (χ1n) is 18.0. The van der Waals surface area contributed by atoms with Crippen molar-refractivity contribution in [3.8, 4) is 0 Å². The molecule has 0 amide bonds. The number of carbonyl (C=O) groups is 2. The number of carbonyl (C=O) groups excluding carboxylic acids is 2. The molecular formula is C39H46N2O14S9. The molecule has 0 aromatic heterocycles. The van der Waals surface area contributed by atoms with Crippen molar-refractivity contribution in [2.45, 2.75) is 62.5 Å². The molecule has 16 nitrogen and oxygen atoms in total. The minimum absolute atomic E-state index is 0. The van der Waals surface area contributed by atoms with Crippen LogP contribution in [0.15, 0.2) is 121 Å². The summed E-state index contributed by atoms with van der Waals surface area (Å²) in [7, 11) is 10.9. The van der Waals surface area contributed by atoms with Gasteiger partial charge in [-0.2, -0.15) is 0 Å². The molecule has 1 aliphatic rings. The minimum Gasteiger partial charge on any atom is -0.394 e. The van der Waals surface area contributed by atoms with E-state index >= 15 is 0 Å². The highest BCUT2D eigenvalue weighted by molar-refractivity contribution is 8.72. The third kappa shape index (κ3) is 21.3. The Kier molecular flexibility index (Phi) is 32.1. The third-order valence-electron chi connectivity index (χ3n) is 8.26. The van der Waals surface area contributed by atoms with Gasteiger partial charge in [-0.05, 0) is 22.3 Å². The highest BCUT2D eigenvalue weighted by Gasteiger charge is 2.53. The summed E-state index contributed by atoms with van der Waals surface area (Å²) in [5.41, 5.74) is 3.14. The second-order valence-corrected chi connectivity index (χ2v) is 24.6. The van der Waals surface area contributed by atoms with Crippen molar-refractivity contribution in [2.75, 3.05) is 19.8 Å². The molecule has 1 aliphatic heterocycles. The topological polar surface area (TPSA) is 249 Å². The molecule has 350 valence electrons. The lowest BCUT2D eigenvalue weighted by molar-refractivity contribution is -0.567. The summed E-state index contributed by atoms with van der Waals surface area (Å²) in [5.74, 6) is 0. The summed E-state index contributed by atoms with van der Waals surface area (Å²) in [6.07, 6.45) is -9.27. The number of hydrogen-bond acceptors (Lipinski definition) is 16. The molecule has 64 heavy (non-hydrogen) atoms. The predicted molar refractivity (Wildman–Crippen MR) is 264 cm³/mol. The normalized spacial score (nSPS) is 18.1. The van der Waals surface area contributed by atoms with Gasteiger partial charge in [0.2, 0.25) is 6.54 Å². The zero-order chi connectivity index (χ0) is 46.4. The van der Waals surface area contributed by atoms with E-state index in [2.05, 4.69) is 22.4 Å². The van der Waals surface area contributed by atoms with E-state index in [4.69, 9.17) is 28.9 Å². The average molecular weight is 1060 g/mol. The Hall–Kier alpha value is -3.32. The summed E-state index contributed by atoms with van der Waals surface area (Å²) in [4.78, 5) is 38.7. The van der Waals surface area contributed by atoms with Crippen LogP contribution in [0.25, 0.3) is 0 Å². The molecule has 1 saturated heterocycles. The van der Waals surface area contributed by atoms with Crippen molar-refractivity contribution in [2.24, 2.45) is 0 Å². The first kappa shape index (κ1) is 58.7. The lowest BCUT2D eigenvalue weighted by Crippen LogP contribution is -2.62. The molecule has 0 saturated carbocycles. The number of ether oxygens (including phenoxy) is 3. The first-order chi connectivity index (χ1) is 30.5. The number of rotatable bonds is 15. The van der Waals surface area contributed by atoms with Gasteiger partial charge in [0.05, 0.1) is 13.2 Å². The van der Waals surface area contributed by atoms with Crippen molar-refractivity contribution in [1.82, 2.24) is 0 Å². The minimum atomic E-state index is -1.78. The number of benzene rings is 4. The highest BCUT2D eigenvalue weighted by Crippen LogP contribution is 2.33. The fourth-order valence-corrected chi connectivity index (χ4v) is 19.3. The van der Waals surface area contributed by atoms with Crippen LogP contribution < -0.4 is 0 Å². The molecule has 0 bridgehead atoms. The molecule has 1 fully saturated rings. The zero-order valence-electron chi connectivity index (χ0n) is 32.5. The molecular weight excluding hydrogens is 1010 g/mol. The third-order valence-corrected chi connectivity index (χ3v) is 21.6. The van der Waals surface area contributed by atoms with E-state index in [0.29, 0.717) is 0 Å². The summed E-state index contributed by atoms with van der Waals surface area (Å²) < 4.78 is 17.0. The van der Waals surface area contributed by atoms with Gasteiger partial charge < -0.3 is 39.7 Å². The number of hydrogen-bond donors (Lipinski definition) is 5. The monoisotopic (exact) mass is 1050 g/mol. The summed E-state index contributed by atoms with van der Waals surface area (Å²) in [6, 6.07) is 35.1. The molecule has 0 aliphatic carbocycles. The Morgan fingerprint density at radius 1 is 0.688 bits per heavy atom. The van der Waals surface area contributed by atoms with Gasteiger partial charge in [0.25, 0.3) is 6.04 Å². The van der Waals surface area contributed by atoms with Crippen LogP contribution in [0.1, 0.15) is 41.9 Å². The lowest BCUT2D eigenvalue weighted by atomic mass is 9.95. The van der Waals surface area contributed by atoms with E-state index in [0.717, 1.165) is 22.3 Å². The van der Waals surface area contributed by atoms with Crippen molar-refractivity contribution in [1.29, 1.82) is 0 Å². The largest absolute Gasteiger partial charge is 0.394 e. The maximum absolute atomic E-state index is 11.6. The molecule has 1 heterocycles. The number of aliphatic hydroxyl groups is 5. The van der Waals surface area contributed by atoms with Gasteiger partial charge in [-0.1, -0.05) is 129 Å². The molecule has 4 aromatic rings. The smallest absolute Gasteiger partial charge is 0.271 e. The van der Waals surface area contributed by atoms with E-state index in [1.807, 2.05) is 121 Å². The van der Waals surface area contributed by atoms with Crippen LogP contribution in [0.2, 0.25) is 0 Å². The lowest BCUT2D eigenvalue weighted by Gasteiger charge is -2.39. The fraction of sp³-hybridized carbons (Fsp3) is 0.333. The quantitative estimate of drug-likeness (QED) is 0.0497. The van der Waals surface area contributed by atoms with Gasteiger partial charge in [0, 0.05) is 94.4 Å². The van der Waals surface area contributed by atoms with Crippen LogP contribution >= 0.6 is 0 Å². The van der Waals surface area contributed by atoms with Crippen molar-refractivity contribution in [3.05, 3.63) is 164 Å². The van der Waals surface area contributed by atoms with Gasteiger partial charge in [-0.15, -0.1) is 0 Å². The number of aldehydes is 2. The SMILES string of the molecule is C.O=CC=O.O=[N+]([O-])C1C(O)[C@@H](O)OC(CO)[C@@H]1OC(c1ccccc1)c1ccccc1.O=[N+]([O-])C[C@@H](OC(c1ccccc1)c1ccccc1)[C@H](O)CO.S=S=S=S=S=S=S=S=S. The van der Waals surface area contributed by atoms with Crippen molar-refractivity contribution >= 4 is 97.1 Å². The highest BCUT2D eigenvalue weighted by atomic mass is 33.4. The van der Waals surface area contributed by atoms with Gasteiger partial charge in [-0.25, -0.2) is 0 Å². The molecule has 3 unspecified atom stereocenters. The molecule has 7 atom stereocenters. The maximum Gasteiger partial charge on any atom is 0.271 e. The Balaban J connectivity index is 0.000000501. The predicted octanol–water partition coefficient (Wildman–Crippen LogP) is 2.67. The van der Waals surface area contributed by atoms with E-state index in [-0.39, 0.29) is 20.0 Å². The summed E-state index contributed by atoms with van der Waals surface area (Å²) >= 11 is 9.27. The molecule has 0 spiro atoms.